The van der Waals surface area contributed by atoms with Crippen molar-refractivity contribution in [1.82, 2.24) is 0 Å². The number of unbranched alkanes of at least 4 members (excludes halogenated alkanes) is 1. The summed E-state index contributed by atoms with van der Waals surface area (Å²) < 4.78 is 0. The molecule has 0 saturated carbocycles. The van der Waals surface area contributed by atoms with Gasteiger partial charge < -0.3 is 5.73 Å². The Labute approximate surface area is 91.5 Å². The van der Waals surface area contributed by atoms with Crippen LogP contribution in [0.3, 0.4) is 0 Å². The summed E-state index contributed by atoms with van der Waals surface area (Å²) >= 11 is 0. The van der Waals surface area contributed by atoms with Crippen molar-refractivity contribution in [3.63, 3.8) is 0 Å². The van der Waals surface area contributed by atoms with E-state index in [1.807, 2.05) is 32.0 Å². The van der Waals surface area contributed by atoms with E-state index < -0.39 is 0 Å². The summed E-state index contributed by atoms with van der Waals surface area (Å²) in [7, 11) is 0. The number of hydrogen-bond donors (Lipinski definition) is 1. The molecule has 0 radical (unpaired) electrons. The molecule has 1 aromatic rings. The number of Topliss-reactive ketones (excluding diaryl/α,β-unsaturated/α-hetero) is 1. The summed E-state index contributed by atoms with van der Waals surface area (Å²) in [5, 5.41) is 0. The molecule has 0 aliphatic rings. The summed E-state index contributed by atoms with van der Waals surface area (Å²) in [6.07, 6.45) is 2.43. The molecule has 15 heavy (non-hydrogen) atoms. The van der Waals surface area contributed by atoms with E-state index in [4.69, 9.17) is 5.73 Å². The maximum Gasteiger partial charge on any atom is 0.163 e. The minimum atomic E-state index is 0.240. The molecule has 82 valence electrons. The predicted molar refractivity (Wildman–Crippen MR) is 63.2 cm³/mol. The lowest BCUT2D eigenvalue weighted by Crippen LogP contribution is -2.04. The Bertz CT molecular complexity index is 344. The molecule has 0 unspecified atom stereocenters. The highest BCUT2D eigenvalue weighted by Crippen LogP contribution is 2.14. The monoisotopic (exact) mass is 205 g/mol. The Kier molecular flexibility index (Phi) is 4.50. The topological polar surface area (TPSA) is 43.1 Å². The van der Waals surface area contributed by atoms with Gasteiger partial charge in [0.05, 0.1) is 0 Å². The molecule has 0 aromatic heterocycles. The zero-order valence-corrected chi connectivity index (χ0v) is 9.55. The molecule has 0 aliphatic carbocycles. The number of benzene rings is 1. The van der Waals surface area contributed by atoms with E-state index in [0.717, 1.165) is 29.5 Å². The lowest BCUT2D eigenvalue weighted by molar-refractivity contribution is 0.0979. The quantitative estimate of drug-likeness (QED) is 0.593. The van der Waals surface area contributed by atoms with Crippen molar-refractivity contribution in [2.45, 2.75) is 33.1 Å². The molecular formula is C13H19NO. The molecule has 1 aromatic carbocycles. The normalized spacial score (nSPS) is 10.3. The fourth-order valence-electron chi connectivity index (χ4n) is 1.60. The van der Waals surface area contributed by atoms with E-state index in [-0.39, 0.29) is 5.78 Å². The molecule has 0 bridgehead atoms. The fraction of sp³-hybridized carbons (Fsp3) is 0.462. The second-order valence-corrected chi connectivity index (χ2v) is 3.99. The lowest BCUT2D eigenvalue weighted by atomic mass is 9.99. The molecule has 0 spiro atoms. The van der Waals surface area contributed by atoms with Crippen LogP contribution in [0.15, 0.2) is 18.2 Å². The van der Waals surface area contributed by atoms with Gasteiger partial charge in [-0.05, 0) is 44.9 Å². The van der Waals surface area contributed by atoms with Gasteiger partial charge in [-0.1, -0.05) is 17.7 Å². The lowest BCUT2D eigenvalue weighted by Gasteiger charge is -2.05. The minimum Gasteiger partial charge on any atom is -0.330 e. The third-order valence-corrected chi connectivity index (χ3v) is 2.55. The molecular weight excluding hydrogens is 186 g/mol. The molecule has 0 atom stereocenters. The molecule has 2 heteroatoms. The third-order valence-electron chi connectivity index (χ3n) is 2.55. The number of carbonyl (C=O) groups is 1. The van der Waals surface area contributed by atoms with Crippen molar-refractivity contribution in [3.05, 3.63) is 34.9 Å². The number of hydrogen-bond acceptors (Lipinski definition) is 2. The second kappa shape index (κ2) is 5.66. The summed E-state index contributed by atoms with van der Waals surface area (Å²) in [5.74, 6) is 0.240. The first-order valence-corrected chi connectivity index (χ1v) is 5.45. The van der Waals surface area contributed by atoms with Crippen LogP contribution in [0.5, 0.6) is 0 Å². The van der Waals surface area contributed by atoms with Crippen LogP contribution < -0.4 is 5.73 Å². The summed E-state index contributed by atoms with van der Waals surface area (Å²) in [5.41, 5.74) is 8.47. The van der Waals surface area contributed by atoms with E-state index in [1.165, 1.54) is 0 Å². The Morgan fingerprint density at radius 3 is 2.67 bits per heavy atom. The number of carbonyl (C=O) groups excluding carboxylic acids is 1. The van der Waals surface area contributed by atoms with Crippen LogP contribution in [0.4, 0.5) is 0 Å². The highest BCUT2D eigenvalue weighted by molar-refractivity contribution is 5.97. The van der Waals surface area contributed by atoms with Crippen molar-refractivity contribution in [3.8, 4) is 0 Å². The number of nitrogens with two attached hydrogens (primary N) is 1. The molecule has 1 rings (SSSR count). The van der Waals surface area contributed by atoms with Crippen molar-refractivity contribution in [2.75, 3.05) is 6.54 Å². The average molecular weight is 205 g/mol. The van der Waals surface area contributed by atoms with Gasteiger partial charge in [-0.2, -0.15) is 0 Å². The van der Waals surface area contributed by atoms with Gasteiger partial charge in [-0.3, -0.25) is 4.79 Å². The summed E-state index contributed by atoms with van der Waals surface area (Å²) in [4.78, 5) is 11.9. The highest BCUT2D eigenvalue weighted by atomic mass is 16.1. The van der Waals surface area contributed by atoms with Gasteiger partial charge >= 0.3 is 0 Å². The van der Waals surface area contributed by atoms with E-state index in [1.54, 1.807) is 0 Å². The van der Waals surface area contributed by atoms with Gasteiger partial charge in [0, 0.05) is 12.0 Å². The Morgan fingerprint density at radius 1 is 1.27 bits per heavy atom. The minimum absolute atomic E-state index is 0.240. The Balaban J connectivity index is 2.68. The van der Waals surface area contributed by atoms with Gasteiger partial charge in [0.2, 0.25) is 0 Å². The molecule has 0 heterocycles. The first kappa shape index (κ1) is 11.9. The second-order valence-electron chi connectivity index (χ2n) is 3.99. The third kappa shape index (κ3) is 3.48. The summed E-state index contributed by atoms with van der Waals surface area (Å²) in [6, 6.07) is 6.01. The fourth-order valence-corrected chi connectivity index (χ4v) is 1.60. The van der Waals surface area contributed by atoms with Crippen molar-refractivity contribution >= 4 is 5.78 Å². The van der Waals surface area contributed by atoms with Crippen LogP contribution in [0.1, 0.15) is 40.7 Å². The largest absolute Gasteiger partial charge is 0.330 e. The van der Waals surface area contributed by atoms with Gasteiger partial charge in [-0.15, -0.1) is 0 Å². The van der Waals surface area contributed by atoms with Crippen LogP contribution in [0.2, 0.25) is 0 Å². The molecule has 0 saturated heterocycles. The van der Waals surface area contributed by atoms with E-state index in [9.17, 15) is 4.79 Å². The molecule has 0 fully saturated rings. The predicted octanol–water partition coefficient (Wildman–Crippen LogP) is 2.62. The van der Waals surface area contributed by atoms with E-state index >= 15 is 0 Å². The van der Waals surface area contributed by atoms with Gasteiger partial charge in [0.1, 0.15) is 0 Å². The van der Waals surface area contributed by atoms with Crippen LogP contribution in [-0.2, 0) is 0 Å². The SMILES string of the molecule is Cc1ccc(C)c(C(=O)CCCCN)c1. The maximum absolute atomic E-state index is 11.9. The molecule has 2 N–H and O–H groups in total. The zero-order valence-electron chi connectivity index (χ0n) is 9.55. The highest BCUT2D eigenvalue weighted by Gasteiger charge is 2.08. The molecule has 0 amide bonds. The van der Waals surface area contributed by atoms with E-state index in [2.05, 4.69) is 0 Å². The first-order chi connectivity index (χ1) is 7.15. The number of rotatable bonds is 5. The Hall–Kier alpha value is -1.15. The first-order valence-electron chi connectivity index (χ1n) is 5.45. The summed E-state index contributed by atoms with van der Waals surface area (Å²) in [6.45, 7) is 4.66. The van der Waals surface area contributed by atoms with Crippen LogP contribution in [-0.4, -0.2) is 12.3 Å². The molecule has 0 aliphatic heterocycles. The smallest absolute Gasteiger partial charge is 0.163 e. The standard InChI is InChI=1S/C13H19NO/c1-10-6-7-11(2)12(9-10)13(15)5-3-4-8-14/h6-7,9H,3-5,8,14H2,1-2H3. The van der Waals surface area contributed by atoms with Crippen molar-refractivity contribution in [1.29, 1.82) is 0 Å². The van der Waals surface area contributed by atoms with Gasteiger partial charge in [-0.25, -0.2) is 0 Å². The van der Waals surface area contributed by atoms with Gasteiger partial charge in [0.25, 0.3) is 0 Å². The Morgan fingerprint density at radius 2 is 2.00 bits per heavy atom. The maximum atomic E-state index is 11.9. The van der Waals surface area contributed by atoms with Gasteiger partial charge in [0.15, 0.2) is 5.78 Å². The number of aryl methyl sites for hydroxylation is 2. The average Bonchev–Trinajstić information content (AvgIpc) is 2.22. The van der Waals surface area contributed by atoms with Crippen LogP contribution >= 0.6 is 0 Å². The van der Waals surface area contributed by atoms with Crippen LogP contribution in [0.25, 0.3) is 0 Å². The molecule has 2 nitrogen and oxygen atoms in total. The number of ketones is 1. The van der Waals surface area contributed by atoms with Crippen LogP contribution in [0, 0.1) is 13.8 Å². The van der Waals surface area contributed by atoms with Crippen molar-refractivity contribution < 1.29 is 4.79 Å². The zero-order chi connectivity index (χ0) is 11.3. The van der Waals surface area contributed by atoms with E-state index in [0.29, 0.717) is 13.0 Å². The van der Waals surface area contributed by atoms with Crippen molar-refractivity contribution in [2.24, 2.45) is 5.73 Å².